The van der Waals surface area contributed by atoms with Crippen molar-refractivity contribution in [2.24, 2.45) is 0 Å². The van der Waals surface area contributed by atoms with Gasteiger partial charge in [0.05, 0.1) is 11.6 Å². The Bertz CT molecular complexity index is 733. The molecule has 0 fully saturated rings. The van der Waals surface area contributed by atoms with E-state index in [1.807, 2.05) is 37.3 Å². The minimum Gasteiger partial charge on any atom is -0.489 e. The van der Waals surface area contributed by atoms with Crippen LogP contribution in [0.1, 0.15) is 22.3 Å². The van der Waals surface area contributed by atoms with E-state index in [2.05, 4.69) is 17.9 Å². The molecule has 3 nitrogen and oxygen atoms in total. The van der Waals surface area contributed by atoms with E-state index in [9.17, 15) is 0 Å². The van der Waals surface area contributed by atoms with Crippen LogP contribution in [0.4, 0.5) is 0 Å². The smallest absolute Gasteiger partial charge is 0.124 e. The van der Waals surface area contributed by atoms with Gasteiger partial charge in [-0.1, -0.05) is 30.0 Å². The van der Waals surface area contributed by atoms with E-state index in [1.165, 1.54) is 0 Å². The number of rotatable bonds is 3. The summed E-state index contributed by atoms with van der Waals surface area (Å²) in [4.78, 5) is 0. The lowest BCUT2D eigenvalue weighted by Gasteiger charge is -2.09. The molecular weight excluding hydrogens is 262 g/mol. The van der Waals surface area contributed by atoms with Crippen molar-refractivity contribution in [3.63, 3.8) is 0 Å². The first-order chi connectivity index (χ1) is 10.2. The Kier molecular flexibility index (Phi) is 4.99. The normalized spacial score (nSPS) is 9.38. The molecule has 0 atom stereocenters. The van der Waals surface area contributed by atoms with Crippen molar-refractivity contribution in [2.75, 3.05) is 6.61 Å². The summed E-state index contributed by atoms with van der Waals surface area (Å²) in [5.74, 6) is 6.19. The van der Waals surface area contributed by atoms with E-state index in [0.717, 1.165) is 16.7 Å². The summed E-state index contributed by atoms with van der Waals surface area (Å²) in [6.07, 6.45) is 0. The Balaban J connectivity index is 2.11. The molecule has 0 saturated carbocycles. The van der Waals surface area contributed by atoms with Crippen molar-refractivity contribution in [1.29, 1.82) is 5.26 Å². The summed E-state index contributed by atoms with van der Waals surface area (Å²) < 4.78 is 5.78. The maximum atomic E-state index is 8.92. The molecule has 0 aliphatic carbocycles. The van der Waals surface area contributed by atoms with E-state index < -0.39 is 0 Å². The summed E-state index contributed by atoms with van der Waals surface area (Å²) in [6.45, 7) is 2.20. The van der Waals surface area contributed by atoms with Gasteiger partial charge in [-0.25, -0.2) is 0 Å². The lowest BCUT2D eigenvalue weighted by atomic mass is 10.1. The van der Waals surface area contributed by atoms with E-state index in [0.29, 0.717) is 17.9 Å². The standard InChI is InChI=1S/C18H15NO2/c1-14-7-8-16(12-19)11-18(14)21-13-17-5-2-4-15(10-17)6-3-9-20/h2,4-5,7-8,10-11,20H,9,13H2,1H3. The average Bonchev–Trinajstić information content (AvgIpc) is 2.52. The highest BCUT2D eigenvalue weighted by Crippen LogP contribution is 2.20. The first-order valence-corrected chi connectivity index (χ1v) is 6.55. The Morgan fingerprint density at radius 3 is 2.76 bits per heavy atom. The van der Waals surface area contributed by atoms with Gasteiger partial charge in [0.2, 0.25) is 0 Å². The fraction of sp³-hybridized carbons (Fsp3) is 0.167. The molecule has 0 aromatic heterocycles. The van der Waals surface area contributed by atoms with E-state index in [1.54, 1.807) is 12.1 Å². The van der Waals surface area contributed by atoms with Gasteiger partial charge in [0.1, 0.15) is 19.0 Å². The largest absolute Gasteiger partial charge is 0.489 e. The Morgan fingerprint density at radius 2 is 2.00 bits per heavy atom. The molecule has 0 aliphatic rings. The van der Waals surface area contributed by atoms with Crippen LogP contribution in [0, 0.1) is 30.1 Å². The van der Waals surface area contributed by atoms with Gasteiger partial charge in [0.15, 0.2) is 0 Å². The third-order valence-electron chi connectivity index (χ3n) is 2.95. The van der Waals surface area contributed by atoms with Crippen LogP contribution in [0.15, 0.2) is 42.5 Å². The molecule has 0 radical (unpaired) electrons. The second-order valence-electron chi connectivity index (χ2n) is 4.54. The SMILES string of the molecule is Cc1ccc(C#N)cc1OCc1cccc(C#CCO)c1. The molecule has 2 aromatic rings. The molecule has 0 unspecified atom stereocenters. The first kappa shape index (κ1) is 14.7. The zero-order valence-electron chi connectivity index (χ0n) is 11.8. The van der Waals surface area contributed by atoms with Crippen LogP contribution in [0.5, 0.6) is 5.75 Å². The summed E-state index contributed by atoms with van der Waals surface area (Å²) in [6, 6.07) is 15.1. The molecule has 104 valence electrons. The van der Waals surface area contributed by atoms with E-state index in [-0.39, 0.29) is 6.61 Å². The number of nitriles is 1. The third-order valence-corrected chi connectivity index (χ3v) is 2.95. The summed E-state index contributed by atoms with van der Waals surface area (Å²) >= 11 is 0. The fourth-order valence-electron chi connectivity index (χ4n) is 1.87. The number of nitrogens with zero attached hydrogens (tertiary/aromatic N) is 1. The molecule has 0 amide bonds. The van der Waals surface area contributed by atoms with E-state index in [4.69, 9.17) is 15.1 Å². The van der Waals surface area contributed by atoms with Crippen LogP contribution < -0.4 is 4.74 Å². The fourth-order valence-corrected chi connectivity index (χ4v) is 1.87. The predicted octanol–water partition coefficient (Wildman–Crippen LogP) is 2.79. The minimum atomic E-state index is -0.152. The molecule has 0 bridgehead atoms. The minimum absolute atomic E-state index is 0.152. The summed E-state index contributed by atoms with van der Waals surface area (Å²) in [5, 5.41) is 17.6. The lowest BCUT2D eigenvalue weighted by molar-refractivity contribution is 0.304. The number of hydrogen-bond acceptors (Lipinski definition) is 3. The quantitative estimate of drug-likeness (QED) is 0.878. The van der Waals surface area contributed by atoms with Gasteiger partial charge >= 0.3 is 0 Å². The van der Waals surface area contributed by atoms with Crippen LogP contribution in [-0.4, -0.2) is 11.7 Å². The number of ether oxygens (including phenoxy) is 1. The second kappa shape index (κ2) is 7.14. The lowest BCUT2D eigenvalue weighted by Crippen LogP contribution is -1.98. The van der Waals surface area contributed by atoms with Crippen molar-refractivity contribution in [2.45, 2.75) is 13.5 Å². The molecule has 2 rings (SSSR count). The molecule has 2 aromatic carbocycles. The zero-order chi connectivity index (χ0) is 15.1. The highest BCUT2D eigenvalue weighted by molar-refractivity contribution is 5.42. The van der Waals surface area contributed by atoms with E-state index >= 15 is 0 Å². The summed E-state index contributed by atoms with van der Waals surface area (Å²) in [7, 11) is 0. The number of benzene rings is 2. The van der Waals surface area contributed by atoms with Gasteiger partial charge in [0, 0.05) is 5.56 Å². The van der Waals surface area contributed by atoms with Crippen LogP contribution in [0.2, 0.25) is 0 Å². The van der Waals surface area contributed by atoms with Crippen molar-refractivity contribution >= 4 is 0 Å². The molecule has 1 N–H and O–H groups in total. The van der Waals surface area contributed by atoms with Crippen LogP contribution in [0.25, 0.3) is 0 Å². The van der Waals surface area contributed by atoms with Crippen LogP contribution in [-0.2, 0) is 6.61 Å². The van der Waals surface area contributed by atoms with Gasteiger partial charge in [-0.3, -0.25) is 0 Å². The number of aryl methyl sites for hydroxylation is 1. The number of aliphatic hydroxyl groups is 1. The maximum Gasteiger partial charge on any atom is 0.124 e. The molecule has 0 saturated heterocycles. The molecule has 3 heteroatoms. The monoisotopic (exact) mass is 277 g/mol. The zero-order valence-corrected chi connectivity index (χ0v) is 11.8. The van der Waals surface area contributed by atoms with Gasteiger partial charge in [-0.15, -0.1) is 0 Å². The molecule has 21 heavy (non-hydrogen) atoms. The van der Waals surface area contributed by atoms with Crippen molar-refractivity contribution < 1.29 is 9.84 Å². The van der Waals surface area contributed by atoms with Gasteiger partial charge in [-0.2, -0.15) is 5.26 Å². The third kappa shape index (κ3) is 4.11. The Hall–Kier alpha value is -2.75. The highest BCUT2D eigenvalue weighted by atomic mass is 16.5. The van der Waals surface area contributed by atoms with Crippen molar-refractivity contribution in [1.82, 2.24) is 0 Å². The highest BCUT2D eigenvalue weighted by Gasteiger charge is 2.02. The Morgan fingerprint density at radius 1 is 1.14 bits per heavy atom. The van der Waals surface area contributed by atoms with Crippen molar-refractivity contribution in [3.05, 3.63) is 64.7 Å². The maximum absolute atomic E-state index is 8.92. The number of aliphatic hydroxyl groups excluding tert-OH is 1. The molecular formula is C18H15NO2. The van der Waals surface area contributed by atoms with Crippen LogP contribution >= 0.6 is 0 Å². The van der Waals surface area contributed by atoms with Gasteiger partial charge in [0.25, 0.3) is 0 Å². The first-order valence-electron chi connectivity index (χ1n) is 6.55. The Labute approximate surface area is 124 Å². The number of hydrogen-bond donors (Lipinski definition) is 1. The van der Waals surface area contributed by atoms with Gasteiger partial charge < -0.3 is 9.84 Å². The van der Waals surface area contributed by atoms with Crippen molar-refractivity contribution in [3.8, 4) is 23.7 Å². The second-order valence-corrected chi connectivity index (χ2v) is 4.54. The van der Waals surface area contributed by atoms with Crippen LogP contribution in [0.3, 0.4) is 0 Å². The molecule has 0 heterocycles. The average molecular weight is 277 g/mol. The predicted molar refractivity (Wildman–Crippen MR) is 80.6 cm³/mol. The molecule has 0 aliphatic heterocycles. The summed E-state index contributed by atoms with van der Waals surface area (Å²) in [5.41, 5.74) is 3.40. The molecule has 0 spiro atoms. The topological polar surface area (TPSA) is 53.2 Å². The van der Waals surface area contributed by atoms with Gasteiger partial charge in [-0.05, 0) is 42.3 Å².